The van der Waals surface area contributed by atoms with Gasteiger partial charge in [0.25, 0.3) is 0 Å². The lowest BCUT2D eigenvalue weighted by molar-refractivity contribution is -0.390. The minimum absolute atomic E-state index is 0.333. The van der Waals surface area contributed by atoms with Crippen LogP contribution in [-0.2, 0) is 14.5 Å². The van der Waals surface area contributed by atoms with E-state index in [4.69, 9.17) is 25.0 Å². The van der Waals surface area contributed by atoms with Crippen molar-refractivity contribution in [3.63, 3.8) is 0 Å². The molecule has 1 saturated heterocycles. The second kappa shape index (κ2) is 7.97. The summed E-state index contributed by atoms with van der Waals surface area (Å²) < 4.78 is 12.2. The molecule has 1 aromatic rings. The van der Waals surface area contributed by atoms with Crippen molar-refractivity contribution in [2.75, 3.05) is 13.1 Å². The van der Waals surface area contributed by atoms with Crippen molar-refractivity contribution in [3.05, 3.63) is 29.8 Å². The average molecular weight is 443 g/mol. The van der Waals surface area contributed by atoms with Crippen molar-refractivity contribution < 1.29 is 24.0 Å². The monoisotopic (exact) mass is 442 g/mol. The number of hydrogen-bond donors (Lipinski definition) is 2. The number of nitrogens with one attached hydrogen (secondary N) is 1. The molecule has 5 aliphatic carbocycles. The van der Waals surface area contributed by atoms with Gasteiger partial charge in [-0.1, -0.05) is 12.1 Å². The van der Waals surface area contributed by atoms with Crippen LogP contribution in [0.5, 0.6) is 5.75 Å². The van der Waals surface area contributed by atoms with E-state index in [1.165, 1.54) is 37.7 Å². The van der Waals surface area contributed by atoms with Crippen molar-refractivity contribution in [1.29, 1.82) is 0 Å². The van der Waals surface area contributed by atoms with Gasteiger partial charge in [-0.05, 0) is 80.4 Å². The quantitative estimate of drug-likeness (QED) is 0.679. The minimum Gasteiger partial charge on any atom is -0.410 e. The first kappa shape index (κ1) is 20.9. The topological polar surface area (TPSA) is 92.0 Å². The van der Waals surface area contributed by atoms with Crippen LogP contribution in [0, 0.1) is 23.7 Å². The Kier molecular flexibility index (Phi) is 5.21. The minimum atomic E-state index is -0.629. The molecule has 7 heteroatoms. The second-order valence-electron chi connectivity index (χ2n) is 10.7. The molecule has 32 heavy (non-hydrogen) atoms. The van der Waals surface area contributed by atoms with E-state index in [1.54, 1.807) is 0 Å². The number of carbonyl (C=O) groups excluding carboxylic acids is 1. The lowest BCUT2D eigenvalue weighted by atomic mass is 9.53. The molecule has 1 amide bonds. The molecule has 6 fully saturated rings. The van der Waals surface area contributed by atoms with Gasteiger partial charge in [-0.25, -0.2) is 4.79 Å². The van der Waals surface area contributed by atoms with Gasteiger partial charge in [0.05, 0.1) is 0 Å². The Morgan fingerprint density at radius 1 is 1.06 bits per heavy atom. The summed E-state index contributed by atoms with van der Waals surface area (Å²) in [4.78, 5) is 24.1. The lowest BCUT2D eigenvalue weighted by Gasteiger charge is -2.57. The van der Waals surface area contributed by atoms with Crippen LogP contribution in [0.15, 0.2) is 24.3 Å². The Bertz CT molecular complexity index is 830. The Hall–Kier alpha value is -1.67. The summed E-state index contributed by atoms with van der Waals surface area (Å²) in [5, 5.41) is 2.61. The third-order valence-corrected chi connectivity index (χ3v) is 8.59. The molecule has 7 rings (SSSR count). The molecule has 6 aliphatic rings. The summed E-state index contributed by atoms with van der Waals surface area (Å²) in [5.74, 6) is 2.42. The van der Waals surface area contributed by atoms with Gasteiger partial charge in [-0.3, -0.25) is 0 Å². The second-order valence-corrected chi connectivity index (χ2v) is 10.7. The number of hydrogen-bond acceptors (Lipinski definition) is 6. The lowest BCUT2D eigenvalue weighted by Crippen LogP contribution is -2.59. The molecule has 3 N–H and O–H groups in total. The van der Waals surface area contributed by atoms with Crippen molar-refractivity contribution >= 4 is 6.09 Å². The molecule has 2 spiro atoms. The molecule has 7 nitrogen and oxygen atoms in total. The summed E-state index contributed by atoms with van der Waals surface area (Å²) in [6.45, 7) is 0.781. The fraction of sp³-hybridized carbons (Fsp3) is 0.720. The van der Waals surface area contributed by atoms with Crippen LogP contribution in [0.2, 0.25) is 0 Å². The normalized spacial score (nSPS) is 42.0. The molecular weight excluding hydrogens is 408 g/mol. The Morgan fingerprint density at radius 2 is 1.78 bits per heavy atom. The predicted molar refractivity (Wildman–Crippen MR) is 116 cm³/mol. The van der Waals surface area contributed by atoms with Crippen LogP contribution in [0.3, 0.4) is 0 Å². The molecule has 4 bridgehead atoms. The number of benzene rings is 1. The third kappa shape index (κ3) is 3.54. The van der Waals surface area contributed by atoms with Gasteiger partial charge in [-0.15, -0.1) is 0 Å². The van der Waals surface area contributed by atoms with Gasteiger partial charge in [0, 0.05) is 37.8 Å². The number of amides is 1. The molecule has 2 atom stereocenters. The van der Waals surface area contributed by atoms with Crippen LogP contribution in [-0.4, -0.2) is 30.8 Å². The molecule has 1 unspecified atom stereocenters. The van der Waals surface area contributed by atoms with E-state index in [0.717, 1.165) is 37.5 Å². The highest BCUT2D eigenvalue weighted by atomic mass is 17.3. The fourth-order valence-corrected chi connectivity index (χ4v) is 7.39. The zero-order valence-corrected chi connectivity index (χ0v) is 18.6. The first-order chi connectivity index (χ1) is 15.6. The Morgan fingerprint density at radius 3 is 2.47 bits per heavy atom. The summed E-state index contributed by atoms with van der Waals surface area (Å²) >= 11 is 0. The first-order valence-corrected chi connectivity index (χ1v) is 12.4. The van der Waals surface area contributed by atoms with Crippen molar-refractivity contribution in [3.8, 4) is 5.75 Å². The zero-order valence-electron chi connectivity index (χ0n) is 18.6. The van der Waals surface area contributed by atoms with Crippen LogP contribution in [0.4, 0.5) is 4.79 Å². The number of ether oxygens (including phenoxy) is 2. The number of carbonyl (C=O) groups is 1. The average Bonchev–Trinajstić information content (AvgIpc) is 3.15. The largest absolute Gasteiger partial charge is 0.412 e. The predicted octanol–water partition coefficient (Wildman–Crippen LogP) is 4.22. The molecule has 174 valence electrons. The highest BCUT2D eigenvalue weighted by Gasteiger charge is 2.67. The molecule has 5 saturated carbocycles. The smallest absolute Gasteiger partial charge is 0.410 e. The maximum absolute atomic E-state index is 11.7. The van der Waals surface area contributed by atoms with Gasteiger partial charge in [-0.2, -0.15) is 9.78 Å². The van der Waals surface area contributed by atoms with Crippen molar-refractivity contribution in [2.24, 2.45) is 29.4 Å². The highest BCUT2D eigenvalue weighted by Crippen LogP contribution is 2.64. The summed E-state index contributed by atoms with van der Waals surface area (Å²) in [5.41, 5.74) is 6.62. The van der Waals surface area contributed by atoms with Crippen molar-refractivity contribution in [1.82, 2.24) is 5.32 Å². The van der Waals surface area contributed by atoms with Crippen LogP contribution in [0.25, 0.3) is 0 Å². The maximum Gasteiger partial charge on any atom is 0.412 e. The van der Waals surface area contributed by atoms with Gasteiger partial charge in [0.1, 0.15) is 5.75 Å². The number of rotatable bonds is 4. The van der Waals surface area contributed by atoms with E-state index in [1.807, 2.05) is 24.3 Å². The molecule has 1 aliphatic heterocycles. The summed E-state index contributed by atoms with van der Waals surface area (Å²) in [6.07, 6.45) is 9.69. The number of nitrogens with two attached hydrogens (primary N) is 1. The van der Waals surface area contributed by atoms with Crippen molar-refractivity contribution in [2.45, 2.75) is 75.3 Å². The Labute approximate surface area is 189 Å². The SMILES string of the molecule is NCCNC(=O)Oc1ccc(C2CCC[C@]3(C2)OOC2(O3)C3CC4CC(C3)CC2C4)cc1. The highest BCUT2D eigenvalue weighted by molar-refractivity contribution is 5.70. The Balaban J connectivity index is 1.13. The van der Waals surface area contributed by atoms with E-state index in [9.17, 15) is 4.79 Å². The molecule has 1 heterocycles. The summed E-state index contributed by atoms with van der Waals surface area (Å²) in [7, 11) is 0. The molecule has 1 aromatic carbocycles. The van der Waals surface area contributed by atoms with Crippen LogP contribution in [0.1, 0.15) is 69.3 Å². The summed E-state index contributed by atoms with van der Waals surface area (Å²) in [6, 6.07) is 7.79. The molecule has 0 radical (unpaired) electrons. The van der Waals surface area contributed by atoms with E-state index in [0.29, 0.717) is 36.6 Å². The standard InChI is InChI=1S/C25H34N2O5/c26-8-9-27-23(28)29-22-5-3-18(4-6-22)19-2-1-7-24(15-19)30-25(32-31-24)20-11-16-10-17(13-20)14-21(25)12-16/h3-6,16-17,19-21H,1-2,7-15,26H2,(H,27,28)/t16?,17?,19?,20?,21?,24-,25?/m1/s1. The van der Waals surface area contributed by atoms with Gasteiger partial charge < -0.3 is 20.5 Å². The van der Waals surface area contributed by atoms with Crippen LogP contribution < -0.4 is 15.8 Å². The van der Waals surface area contributed by atoms with E-state index >= 15 is 0 Å². The van der Waals surface area contributed by atoms with Gasteiger partial charge >= 0.3 is 6.09 Å². The molecular formula is C25H34N2O5. The van der Waals surface area contributed by atoms with Crippen LogP contribution >= 0.6 is 0 Å². The van der Waals surface area contributed by atoms with E-state index in [-0.39, 0.29) is 0 Å². The zero-order chi connectivity index (χ0) is 21.8. The third-order valence-electron chi connectivity index (χ3n) is 8.59. The fourth-order valence-electron chi connectivity index (χ4n) is 7.39. The van der Waals surface area contributed by atoms with E-state index in [2.05, 4.69) is 5.32 Å². The van der Waals surface area contributed by atoms with Gasteiger partial charge in [0.15, 0.2) is 0 Å². The van der Waals surface area contributed by atoms with E-state index < -0.39 is 17.7 Å². The maximum atomic E-state index is 11.7. The molecule has 0 aromatic heterocycles. The first-order valence-electron chi connectivity index (χ1n) is 12.4. The van der Waals surface area contributed by atoms with Gasteiger partial charge in [0.2, 0.25) is 11.6 Å².